The third-order valence-electron chi connectivity index (χ3n) is 2.96. The van der Waals surface area contributed by atoms with E-state index in [1.807, 2.05) is 43.3 Å². The van der Waals surface area contributed by atoms with E-state index in [0.717, 1.165) is 11.3 Å². The van der Waals surface area contributed by atoms with Crippen LogP contribution in [0.5, 0.6) is 0 Å². The van der Waals surface area contributed by atoms with Crippen LogP contribution < -0.4 is 11.1 Å². The first kappa shape index (κ1) is 13.4. The molecule has 19 heavy (non-hydrogen) atoms. The van der Waals surface area contributed by atoms with Crippen molar-refractivity contribution in [3.05, 3.63) is 60.1 Å². The third-order valence-corrected chi connectivity index (χ3v) is 2.96. The van der Waals surface area contributed by atoms with E-state index in [4.69, 9.17) is 10.2 Å². The molecule has 0 radical (unpaired) electrons. The summed E-state index contributed by atoms with van der Waals surface area (Å²) in [6, 6.07) is 12.6. The van der Waals surface area contributed by atoms with Gasteiger partial charge in [0.05, 0.1) is 18.3 Å². The maximum absolute atomic E-state index is 12.0. The van der Waals surface area contributed by atoms with Crippen molar-refractivity contribution < 1.29 is 9.21 Å². The van der Waals surface area contributed by atoms with Crippen molar-refractivity contribution in [2.75, 3.05) is 0 Å². The van der Waals surface area contributed by atoms with E-state index in [-0.39, 0.29) is 11.9 Å². The van der Waals surface area contributed by atoms with Crippen LogP contribution >= 0.6 is 0 Å². The fourth-order valence-corrected chi connectivity index (χ4v) is 1.89. The van der Waals surface area contributed by atoms with Crippen molar-refractivity contribution in [3.8, 4) is 0 Å². The molecule has 1 aromatic carbocycles. The second kappa shape index (κ2) is 6.20. The van der Waals surface area contributed by atoms with Crippen LogP contribution in [-0.2, 0) is 11.2 Å². The normalized spacial score (nSPS) is 13.8. The Kier molecular flexibility index (Phi) is 4.36. The Morgan fingerprint density at radius 2 is 2.00 bits per heavy atom. The van der Waals surface area contributed by atoms with Crippen LogP contribution in [0.15, 0.2) is 53.1 Å². The van der Waals surface area contributed by atoms with Gasteiger partial charge < -0.3 is 15.5 Å². The van der Waals surface area contributed by atoms with Gasteiger partial charge in [0.25, 0.3) is 0 Å². The summed E-state index contributed by atoms with van der Waals surface area (Å²) in [6.07, 6.45) is 2.11. The van der Waals surface area contributed by atoms with Crippen molar-refractivity contribution in [3.63, 3.8) is 0 Å². The molecule has 100 valence electrons. The number of hydrogen-bond donors (Lipinski definition) is 2. The highest BCUT2D eigenvalue weighted by molar-refractivity contribution is 5.82. The number of hydrogen-bond acceptors (Lipinski definition) is 3. The summed E-state index contributed by atoms with van der Waals surface area (Å²) in [5.41, 5.74) is 6.96. The predicted octanol–water partition coefficient (Wildman–Crippen LogP) is 2.03. The molecule has 4 nitrogen and oxygen atoms in total. The van der Waals surface area contributed by atoms with Crippen molar-refractivity contribution in [2.24, 2.45) is 5.73 Å². The summed E-state index contributed by atoms with van der Waals surface area (Å²) in [6.45, 7) is 1.87. The highest BCUT2D eigenvalue weighted by Gasteiger charge is 2.18. The lowest BCUT2D eigenvalue weighted by molar-refractivity contribution is -0.123. The van der Waals surface area contributed by atoms with Crippen LogP contribution in [0, 0.1) is 0 Å². The first-order chi connectivity index (χ1) is 9.16. The molecule has 0 aliphatic rings. The Morgan fingerprint density at radius 1 is 1.26 bits per heavy atom. The van der Waals surface area contributed by atoms with Crippen molar-refractivity contribution in [2.45, 2.75) is 25.4 Å². The zero-order valence-electron chi connectivity index (χ0n) is 10.9. The number of nitrogens with one attached hydrogen (secondary N) is 1. The summed E-state index contributed by atoms with van der Waals surface area (Å²) >= 11 is 0. The van der Waals surface area contributed by atoms with Gasteiger partial charge in [0.2, 0.25) is 5.91 Å². The fourth-order valence-electron chi connectivity index (χ4n) is 1.89. The monoisotopic (exact) mass is 258 g/mol. The first-order valence-corrected chi connectivity index (χ1v) is 6.30. The molecule has 0 spiro atoms. The fraction of sp³-hybridized carbons (Fsp3) is 0.267. The highest BCUT2D eigenvalue weighted by atomic mass is 16.3. The average molecular weight is 258 g/mol. The summed E-state index contributed by atoms with van der Waals surface area (Å²) in [4.78, 5) is 12.0. The maximum Gasteiger partial charge on any atom is 0.237 e. The van der Waals surface area contributed by atoms with Crippen LogP contribution in [0.3, 0.4) is 0 Å². The second-order valence-electron chi connectivity index (χ2n) is 4.54. The quantitative estimate of drug-likeness (QED) is 0.862. The van der Waals surface area contributed by atoms with Crippen LogP contribution in [0.25, 0.3) is 0 Å². The number of nitrogens with two attached hydrogens (primary N) is 1. The largest absolute Gasteiger partial charge is 0.467 e. The number of rotatable bonds is 5. The lowest BCUT2D eigenvalue weighted by atomic mass is 10.1. The maximum atomic E-state index is 12.0. The van der Waals surface area contributed by atoms with Gasteiger partial charge in [-0.1, -0.05) is 30.3 Å². The number of carbonyl (C=O) groups is 1. The predicted molar refractivity (Wildman–Crippen MR) is 73.4 cm³/mol. The molecule has 4 heteroatoms. The number of furan rings is 1. The molecule has 0 aliphatic carbocycles. The SMILES string of the molecule is CC(NC(=O)C(N)Cc1ccccc1)c1ccco1. The minimum absolute atomic E-state index is 0.173. The standard InChI is InChI=1S/C15H18N2O2/c1-11(14-8-5-9-19-14)17-15(18)13(16)10-12-6-3-2-4-7-12/h2-9,11,13H,10,16H2,1H3,(H,17,18). The van der Waals surface area contributed by atoms with E-state index in [1.54, 1.807) is 12.3 Å². The average Bonchev–Trinajstić information content (AvgIpc) is 2.93. The highest BCUT2D eigenvalue weighted by Crippen LogP contribution is 2.12. The molecule has 0 saturated carbocycles. The molecule has 1 amide bonds. The van der Waals surface area contributed by atoms with Crippen molar-refractivity contribution >= 4 is 5.91 Å². The van der Waals surface area contributed by atoms with E-state index in [2.05, 4.69) is 5.32 Å². The lowest BCUT2D eigenvalue weighted by Gasteiger charge is -2.16. The molecular weight excluding hydrogens is 240 g/mol. The number of amides is 1. The second-order valence-corrected chi connectivity index (χ2v) is 4.54. The first-order valence-electron chi connectivity index (χ1n) is 6.30. The van der Waals surface area contributed by atoms with E-state index < -0.39 is 6.04 Å². The minimum Gasteiger partial charge on any atom is -0.467 e. The van der Waals surface area contributed by atoms with Gasteiger partial charge in [0.15, 0.2) is 0 Å². The van der Waals surface area contributed by atoms with Gasteiger partial charge in [-0.05, 0) is 31.0 Å². The number of benzene rings is 1. The third kappa shape index (κ3) is 3.69. The van der Waals surface area contributed by atoms with Crippen LogP contribution in [0.1, 0.15) is 24.3 Å². The molecule has 2 unspecified atom stereocenters. The van der Waals surface area contributed by atoms with E-state index in [0.29, 0.717) is 6.42 Å². The smallest absolute Gasteiger partial charge is 0.237 e. The molecule has 2 atom stereocenters. The Balaban J connectivity index is 1.89. The van der Waals surface area contributed by atoms with Gasteiger partial charge in [-0.25, -0.2) is 0 Å². The molecule has 0 bridgehead atoms. The zero-order chi connectivity index (χ0) is 13.7. The summed E-state index contributed by atoms with van der Waals surface area (Å²) < 4.78 is 5.24. The van der Waals surface area contributed by atoms with Crippen LogP contribution in [0.2, 0.25) is 0 Å². The molecule has 2 aromatic rings. The van der Waals surface area contributed by atoms with Crippen LogP contribution in [-0.4, -0.2) is 11.9 Å². The lowest BCUT2D eigenvalue weighted by Crippen LogP contribution is -2.42. The molecule has 0 saturated heterocycles. The summed E-state index contributed by atoms with van der Waals surface area (Å²) in [7, 11) is 0. The zero-order valence-corrected chi connectivity index (χ0v) is 10.9. The van der Waals surface area contributed by atoms with Crippen LogP contribution in [0.4, 0.5) is 0 Å². The summed E-state index contributed by atoms with van der Waals surface area (Å²) in [5.74, 6) is 0.549. The van der Waals surface area contributed by atoms with Crippen molar-refractivity contribution in [1.82, 2.24) is 5.32 Å². The van der Waals surface area contributed by atoms with Crippen molar-refractivity contribution in [1.29, 1.82) is 0 Å². The Labute approximate surface area is 112 Å². The van der Waals surface area contributed by atoms with Gasteiger partial charge in [0.1, 0.15) is 5.76 Å². The van der Waals surface area contributed by atoms with Gasteiger partial charge >= 0.3 is 0 Å². The van der Waals surface area contributed by atoms with Gasteiger partial charge in [-0.3, -0.25) is 4.79 Å². The molecular formula is C15H18N2O2. The van der Waals surface area contributed by atoms with Gasteiger partial charge in [0, 0.05) is 0 Å². The summed E-state index contributed by atoms with van der Waals surface area (Å²) in [5, 5.41) is 2.84. The van der Waals surface area contributed by atoms with Gasteiger partial charge in [-0.2, -0.15) is 0 Å². The van der Waals surface area contributed by atoms with E-state index in [9.17, 15) is 4.79 Å². The Bertz CT molecular complexity index is 508. The molecule has 1 aromatic heterocycles. The van der Waals surface area contributed by atoms with E-state index in [1.165, 1.54) is 0 Å². The molecule has 2 rings (SSSR count). The molecule has 3 N–H and O–H groups in total. The minimum atomic E-state index is -0.556. The number of carbonyl (C=O) groups excluding carboxylic acids is 1. The van der Waals surface area contributed by atoms with Gasteiger partial charge in [-0.15, -0.1) is 0 Å². The molecule has 0 aliphatic heterocycles. The Hall–Kier alpha value is -2.07. The molecule has 1 heterocycles. The molecule has 0 fully saturated rings. The van der Waals surface area contributed by atoms with E-state index >= 15 is 0 Å². The topological polar surface area (TPSA) is 68.3 Å². The Morgan fingerprint density at radius 3 is 2.63 bits per heavy atom.